The minimum atomic E-state index is -0.611. The number of nitrogens with zero attached hydrogens (tertiary/aromatic N) is 4. The Labute approximate surface area is 196 Å². The minimum Gasteiger partial charge on any atom is -0.421 e. The summed E-state index contributed by atoms with van der Waals surface area (Å²) in [5, 5.41) is 1.19. The van der Waals surface area contributed by atoms with Crippen LogP contribution in [0, 0.1) is 0 Å². The Bertz CT molecular complexity index is 1190. The lowest BCUT2D eigenvalue weighted by Crippen LogP contribution is -2.52. The summed E-state index contributed by atoms with van der Waals surface area (Å²) in [5.74, 6) is -0.0697. The van der Waals surface area contributed by atoms with E-state index >= 15 is 0 Å². The monoisotopic (exact) mass is 525 g/mol. The lowest BCUT2D eigenvalue weighted by molar-refractivity contribution is -0.145. The number of morpholine rings is 1. The van der Waals surface area contributed by atoms with Gasteiger partial charge in [0.2, 0.25) is 0 Å². The van der Waals surface area contributed by atoms with Gasteiger partial charge >= 0.3 is 0 Å². The molecule has 0 bridgehead atoms. The molecule has 2 N–H and O–H groups in total. The molecule has 1 aromatic carbocycles. The van der Waals surface area contributed by atoms with E-state index in [0.717, 1.165) is 16.8 Å². The van der Waals surface area contributed by atoms with Crippen LogP contribution in [0.3, 0.4) is 0 Å². The molecule has 5 rings (SSSR count). The predicted molar refractivity (Wildman–Crippen MR) is 121 cm³/mol. The molecule has 31 heavy (non-hydrogen) atoms. The summed E-state index contributed by atoms with van der Waals surface area (Å²) in [5.41, 5.74) is 9.57. The van der Waals surface area contributed by atoms with Gasteiger partial charge in [0.1, 0.15) is 15.8 Å². The molecule has 2 aliphatic heterocycles. The molecule has 4 heterocycles. The highest BCUT2D eigenvalue weighted by atomic mass is 79.9. The van der Waals surface area contributed by atoms with Gasteiger partial charge in [0.15, 0.2) is 11.7 Å². The van der Waals surface area contributed by atoms with Gasteiger partial charge in [-0.25, -0.2) is 4.98 Å². The number of halogens is 3. The Hall–Kier alpha value is -2.07. The first-order valence-corrected chi connectivity index (χ1v) is 11.3. The fourth-order valence-corrected chi connectivity index (χ4v) is 5.07. The van der Waals surface area contributed by atoms with E-state index in [-0.39, 0.29) is 11.9 Å². The second-order valence-electron chi connectivity index (χ2n) is 7.50. The molecule has 0 spiro atoms. The third kappa shape index (κ3) is 3.84. The van der Waals surface area contributed by atoms with E-state index < -0.39 is 6.10 Å². The molecule has 1 saturated heterocycles. The van der Waals surface area contributed by atoms with E-state index in [9.17, 15) is 4.79 Å². The first kappa shape index (κ1) is 20.8. The maximum absolute atomic E-state index is 13.3. The summed E-state index contributed by atoms with van der Waals surface area (Å²) in [6.07, 6.45) is 1.78. The van der Waals surface area contributed by atoms with E-state index in [0.29, 0.717) is 65.0 Å². The largest absolute Gasteiger partial charge is 0.421 e. The lowest BCUT2D eigenvalue weighted by Gasteiger charge is -2.37. The number of amides is 1. The van der Waals surface area contributed by atoms with Crippen LogP contribution in [0.1, 0.15) is 11.1 Å². The number of hydrogen-bond donors (Lipinski definition) is 1. The van der Waals surface area contributed by atoms with Gasteiger partial charge in [-0.05, 0) is 45.6 Å². The Balaban J connectivity index is 1.36. The number of carbonyl (C=O) groups is 1. The van der Waals surface area contributed by atoms with Crippen LogP contribution in [-0.2, 0) is 22.5 Å². The van der Waals surface area contributed by atoms with Crippen LogP contribution >= 0.6 is 39.1 Å². The van der Waals surface area contributed by atoms with Crippen LogP contribution in [-0.4, -0.2) is 53.1 Å². The third-order valence-corrected chi connectivity index (χ3v) is 6.75. The van der Waals surface area contributed by atoms with Crippen molar-refractivity contribution >= 4 is 67.8 Å². The molecule has 1 amide bonds. The molecular formula is C20H18BrCl2N5O3. The Morgan fingerprint density at radius 2 is 2.13 bits per heavy atom. The fraction of sp³-hybridized carbons (Fsp3) is 0.350. The molecule has 11 heteroatoms. The second-order valence-corrected chi connectivity index (χ2v) is 9.10. The van der Waals surface area contributed by atoms with Crippen molar-refractivity contribution in [3.8, 4) is 0 Å². The Morgan fingerprint density at radius 1 is 1.29 bits per heavy atom. The normalized spacial score (nSPS) is 19.0. The van der Waals surface area contributed by atoms with Gasteiger partial charge in [-0.3, -0.25) is 4.79 Å². The second kappa shape index (κ2) is 8.12. The maximum atomic E-state index is 13.3. The number of anilines is 2. The topological polar surface area (TPSA) is 97.7 Å². The number of carbonyl (C=O) groups excluding carboxylic acids is 1. The van der Waals surface area contributed by atoms with Gasteiger partial charge in [-0.15, -0.1) is 0 Å². The fourth-order valence-electron chi connectivity index (χ4n) is 4.10. The minimum absolute atomic E-state index is 0.0646. The summed E-state index contributed by atoms with van der Waals surface area (Å²) in [6, 6.07) is 3.69. The molecule has 1 atom stereocenters. The number of fused-ring (bicyclic) bond motifs is 2. The highest BCUT2D eigenvalue weighted by molar-refractivity contribution is 9.10. The number of pyridine rings is 1. The van der Waals surface area contributed by atoms with Crippen LogP contribution in [0.15, 0.2) is 27.3 Å². The number of oxazole rings is 1. The van der Waals surface area contributed by atoms with Gasteiger partial charge < -0.3 is 24.7 Å². The molecular weight excluding hydrogens is 509 g/mol. The standard InChI is InChI=1S/C20H18BrCl2N5O3/c21-18-16-17(31-20(24)26-16)14(7-25-18)27-3-4-30-15(9-27)19(29)28-2-1-10-5-11(22)6-13(23)12(10)8-28/h5-7,15H,1-4,8-9H2,(H2,24,26). The summed E-state index contributed by atoms with van der Waals surface area (Å²) in [6.45, 7) is 2.39. The zero-order chi connectivity index (χ0) is 21.7. The van der Waals surface area contributed by atoms with E-state index in [1.807, 2.05) is 11.0 Å². The number of rotatable bonds is 2. The number of ether oxygens (including phenoxy) is 1. The van der Waals surface area contributed by atoms with Crippen LogP contribution < -0.4 is 10.6 Å². The summed E-state index contributed by atoms with van der Waals surface area (Å²) in [4.78, 5) is 25.6. The van der Waals surface area contributed by atoms with Crippen molar-refractivity contribution in [1.29, 1.82) is 0 Å². The van der Waals surface area contributed by atoms with E-state index in [1.165, 1.54) is 0 Å². The van der Waals surface area contributed by atoms with Gasteiger partial charge in [0.05, 0.1) is 19.3 Å². The van der Waals surface area contributed by atoms with E-state index in [4.69, 9.17) is 38.1 Å². The smallest absolute Gasteiger partial charge is 0.293 e. The average molecular weight is 527 g/mol. The number of nitrogens with two attached hydrogens (primary N) is 1. The molecule has 2 aliphatic rings. The maximum Gasteiger partial charge on any atom is 0.293 e. The zero-order valence-corrected chi connectivity index (χ0v) is 19.4. The Morgan fingerprint density at radius 3 is 2.97 bits per heavy atom. The molecule has 2 aromatic heterocycles. The number of nitrogen functional groups attached to an aromatic ring is 1. The van der Waals surface area contributed by atoms with Gasteiger partial charge in [-0.2, -0.15) is 4.98 Å². The zero-order valence-electron chi connectivity index (χ0n) is 16.3. The predicted octanol–water partition coefficient (Wildman–Crippen LogP) is 3.66. The SMILES string of the molecule is Nc1nc2c(Br)ncc(N3CCOC(C(=O)N4CCc5cc(Cl)cc(Cl)c5C4)C3)c2o1. The van der Waals surface area contributed by atoms with Crippen molar-refractivity contribution in [2.45, 2.75) is 19.1 Å². The number of benzene rings is 1. The third-order valence-electron chi connectivity index (χ3n) is 5.62. The number of aromatic nitrogens is 2. The van der Waals surface area contributed by atoms with Crippen molar-refractivity contribution < 1.29 is 13.9 Å². The van der Waals surface area contributed by atoms with Crippen LogP contribution in [0.4, 0.5) is 11.7 Å². The average Bonchev–Trinajstić information content (AvgIpc) is 3.15. The van der Waals surface area contributed by atoms with Crippen LogP contribution in [0.25, 0.3) is 11.1 Å². The summed E-state index contributed by atoms with van der Waals surface area (Å²) in [7, 11) is 0. The lowest BCUT2D eigenvalue weighted by atomic mass is 9.99. The van der Waals surface area contributed by atoms with Crippen molar-refractivity contribution in [3.05, 3.63) is 44.1 Å². The van der Waals surface area contributed by atoms with E-state index in [2.05, 4.69) is 25.9 Å². The van der Waals surface area contributed by atoms with Crippen molar-refractivity contribution in [1.82, 2.24) is 14.9 Å². The molecule has 8 nitrogen and oxygen atoms in total. The van der Waals surface area contributed by atoms with Gasteiger partial charge in [0, 0.05) is 29.7 Å². The van der Waals surface area contributed by atoms with E-state index in [1.54, 1.807) is 17.2 Å². The van der Waals surface area contributed by atoms with Crippen LogP contribution in [0.5, 0.6) is 0 Å². The molecule has 1 unspecified atom stereocenters. The Kier molecular flexibility index (Phi) is 5.45. The summed E-state index contributed by atoms with van der Waals surface area (Å²) < 4.78 is 12.0. The first-order chi connectivity index (χ1) is 14.9. The molecule has 1 fully saturated rings. The van der Waals surface area contributed by atoms with Crippen LogP contribution in [0.2, 0.25) is 10.0 Å². The quantitative estimate of drug-likeness (QED) is 0.509. The van der Waals surface area contributed by atoms with Gasteiger partial charge in [-0.1, -0.05) is 23.2 Å². The molecule has 3 aromatic rings. The molecule has 162 valence electrons. The molecule has 0 radical (unpaired) electrons. The number of hydrogen-bond acceptors (Lipinski definition) is 7. The highest BCUT2D eigenvalue weighted by Gasteiger charge is 2.33. The molecule has 0 saturated carbocycles. The van der Waals surface area contributed by atoms with Crippen molar-refractivity contribution in [2.75, 3.05) is 36.9 Å². The van der Waals surface area contributed by atoms with Gasteiger partial charge in [0.25, 0.3) is 11.9 Å². The highest BCUT2D eigenvalue weighted by Crippen LogP contribution is 2.34. The first-order valence-electron chi connectivity index (χ1n) is 9.73. The molecule has 0 aliphatic carbocycles. The van der Waals surface area contributed by atoms with Crippen molar-refractivity contribution in [3.63, 3.8) is 0 Å². The summed E-state index contributed by atoms with van der Waals surface area (Å²) >= 11 is 15.9. The van der Waals surface area contributed by atoms with Crippen molar-refractivity contribution in [2.24, 2.45) is 0 Å².